The number of hydrogen-bond acceptors (Lipinski definition) is 4. The van der Waals surface area contributed by atoms with Crippen LogP contribution in [0.5, 0.6) is 0 Å². The van der Waals surface area contributed by atoms with Gasteiger partial charge < -0.3 is 5.73 Å². The van der Waals surface area contributed by atoms with Crippen molar-refractivity contribution in [2.45, 2.75) is 6.54 Å². The van der Waals surface area contributed by atoms with Crippen LogP contribution in [0.25, 0.3) is 0 Å². The van der Waals surface area contributed by atoms with Gasteiger partial charge in [-0.25, -0.2) is 8.42 Å². The molecule has 14 heavy (non-hydrogen) atoms. The summed E-state index contributed by atoms with van der Waals surface area (Å²) in [6.45, 7) is 0.297. The second kappa shape index (κ2) is 3.93. The first-order valence-corrected chi connectivity index (χ1v) is 5.89. The Kier molecular flexibility index (Phi) is 3.07. The molecule has 0 spiro atoms. The topological polar surface area (TPSA) is 76.3 Å². The lowest BCUT2D eigenvalue weighted by Gasteiger charge is -2.16. The van der Waals surface area contributed by atoms with Crippen molar-refractivity contribution in [1.29, 1.82) is 0 Å². The average Bonchev–Trinajstić information content (AvgIpc) is 2.15. The zero-order chi connectivity index (χ0) is 10.8. The minimum atomic E-state index is -3.22. The number of hydrogen-bond donors (Lipinski definition) is 1. The summed E-state index contributed by atoms with van der Waals surface area (Å²) in [6, 6.07) is 3.28. The van der Waals surface area contributed by atoms with Crippen molar-refractivity contribution in [3.63, 3.8) is 0 Å². The summed E-state index contributed by atoms with van der Waals surface area (Å²) in [5, 5.41) is 0. The van der Waals surface area contributed by atoms with Crippen molar-refractivity contribution in [2.24, 2.45) is 5.73 Å². The van der Waals surface area contributed by atoms with E-state index in [1.54, 1.807) is 18.3 Å². The zero-order valence-electron chi connectivity index (χ0n) is 8.14. The molecule has 2 N–H and O–H groups in total. The van der Waals surface area contributed by atoms with E-state index >= 15 is 0 Å². The molecular weight excluding hydrogens is 202 g/mol. The monoisotopic (exact) mass is 215 g/mol. The normalized spacial score (nSPS) is 11.4. The van der Waals surface area contributed by atoms with Gasteiger partial charge in [-0.2, -0.15) is 0 Å². The van der Waals surface area contributed by atoms with Gasteiger partial charge in [-0.3, -0.25) is 9.29 Å². The van der Waals surface area contributed by atoms with Crippen molar-refractivity contribution >= 4 is 15.7 Å². The van der Waals surface area contributed by atoms with Gasteiger partial charge in [0.2, 0.25) is 10.0 Å². The standard InChI is InChI=1S/C8H13N3O2S/c1-11(14(2,12)13)8-3-4-10-7(5-8)6-9/h3-5H,6,9H2,1-2H3. The van der Waals surface area contributed by atoms with E-state index in [9.17, 15) is 8.42 Å². The fourth-order valence-electron chi connectivity index (χ4n) is 0.964. The van der Waals surface area contributed by atoms with Crippen molar-refractivity contribution in [2.75, 3.05) is 17.6 Å². The Hall–Kier alpha value is -1.14. The first kappa shape index (κ1) is 10.9. The number of anilines is 1. The highest BCUT2D eigenvalue weighted by molar-refractivity contribution is 7.92. The Morgan fingerprint density at radius 2 is 2.21 bits per heavy atom. The highest BCUT2D eigenvalue weighted by atomic mass is 32.2. The second-order valence-corrected chi connectivity index (χ2v) is 4.95. The zero-order valence-corrected chi connectivity index (χ0v) is 8.95. The molecule has 1 rings (SSSR count). The highest BCUT2D eigenvalue weighted by Gasteiger charge is 2.11. The van der Waals surface area contributed by atoms with Crippen LogP contribution in [-0.4, -0.2) is 26.7 Å². The van der Waals surface area contributed by atoms with Crippen LogP contribution in [0.1, 0.15) is 5.69 Å². The summed E-state index contributed by atoms with van der Waals surface area (Å²) in [5.41, 5.74) is 6.63. The molecule has 1 aromatic rings. The smallest absolute Gasteiger partial charge is 0.231 e. The van der Waals surface area contributed by atoms with E-state index < -0.39 is 10.0 Å². The molecule has 0 saturated heterocycles. The van der Waals surface area contributed by atoms with E-state index in [2.05, 4.69) is 4.98 Å². The third-order valence-electron chi connectivity index (χ3n) is 1.87. The molecule has 0 aliphatic carbocycles. The molecule has 0 amide bonds. The summed E-state index contributed by atoms with van der Waals surface area (Å²) in [7, 11) is -1.73. The molecule has 0 aromatic carbocycles. The summed E-state index contributed by atoms with van der Waals surface area (Å²) >= 11 is 0. The number of rotatable bonds is 3. The maximum atomic E-state index is 11.2. The second-order valence-electron chi connectivity index (χ2n) is 2.94. The fourth-order valence-corrected chi connectivity index (χ4v) is 1.46. The molecule has 0 unspecified atom stereocenters. The van der Waals surface area contributed by atoms with Gasteiger partial charge >= 0.3 is 0 Å². The summed E-state index contributed by atoms with van der Waals surface area (Å²) in [5.74, 6) is 0. The van der Waals surface area contributed by atoms with Crippen molar-refractivity contribution in [3.8, 4) is 0 Å². The van der Waals surface area contributed by atoms with Gasteiger partial charge in [-0.15, -0.1) is 0 Å². The summed E-state index contributed by atoms with van der Waals surface area (Å²) in [4.78, 5) is 3.98. The van der Waals surface area contributed by atoms with Crippen LogP contribution in [0.2, 0.25) is 0 Å². The van der Waals surface area contributed by atoms with Crippen LogP contribution >= 0.6 is 0 Å². The molecule has 1 aromatic heterocycles. The SMILES string of the molecule is CN(c1ccnc(CN)c1)S(C)(=O)=O. The molecule has 1 heterocycles. The van der Waals surface area contributed by atoms with E-state index in [1.165, 1.54) is 11.4 Å². The Morgan fingerprint density at radius 1 is 1.57 bits per heavy atom. The minimum absolute atomic E-state index is 0.297. The summed E-state index contributed by atoms with van der Waals surface area (Å²) < 4.78 is 23.6. The molecule has 0 bridgehead atoms. The first-order valence-electron chi connectivity index (χ1n) is 4.04. The number of sulfonamides is 1. The Labute approximate surface area is 83.6 Å². The largest absolute Gasteiger partial charge is 0.325 e. The van der Waals surface area contributed by atoms with Gasteiger partial charge in [0.05, 0.1) is 17.6 Å². The Morgan fingerprint density at radius 3 is 2.71 bits per heavy atom. The van der Waals surface area contributed by atoms with E-state index in [0.29, 0.717) is 17.9 Å². The fraction of sp³-hybridized carbons (Fsp3) is 0.375. The van der Waals surface area contributed by atoms with E-state index in [-0.39, 0.29) is 0 Å². The molecule has 0 radical (unpaired) electrons. The van der Waals surface area contributed by atoms with Gasteiger partial charge in [0, 0.05) is 19.8 Å². The molecule has 6 heteroatoms. The van der Waals surface area contributed by atoms with E-state index in [1.807, 2.05) is 0 Å². The van der Waals surface area contributed by atoms with Gasteiger partial charge in [-0.1, -0.05) is 0 Å². The minimum Gasteiger partial charge on any atom is -0.325 e. The number of pyridine rings is 1. The molecular formula is C8H13N3O2S. The van der Waals surface area contributed by atoms with Gasteiger partial charge in [0.15, 0.2) is 0 Å². The van der Waals surface area contributed by atoms with Crippen LogP contribution in [0, 0.1) is 0 Å². The van der Waals surface area contributed by atoms with E-state index in [0.717, 1.165) is 6.26 Å². The molecule has 0 aliphatic heterocycles. The van der Waals surface area contributed by atoms with Gasteiger partial charge in [0.25, 0.3) is 0 Å². The molecule has 78 valence electrons. The molecule has 0 aliphatic rings. The maximum Gasteiger partial charge on any atom is 0.231 e. The van der Waals surface area contributed by atoms with Gasteiger partial charge in [0.1, 0.15) is 0 Å². The predicted octanol–water partition coefficient (Wildman–Crippen LogP) is -0.0639. The molecule has 0 fully saturated rings. The predicted molar refractivity (Wildman–Crippen MR) is 55.4 cm³/mol. The van der Waals surface area contributed by atoms with Crippen molar-refractivity contribution in [3.05, 3.63) is 24.0 Å². The van der Waals surface area contributed by atoms with E-state index in [4.69, 9.17) is 5.73 Å². The Balaban J connectivity index is 3.08. The van der Waals surface area contributed by atoms with Crippen LogP contribution < -0.4 is 10.0 Å². The molecule has 0 saturated carbocycles. The average molecular weight is 215 g/mol. The van der Waals surface area contributed by atoms with Crippen LogP contribution in [0.3, 0.4) is 0 Å². The lowest BCUT2D eigenvalue weighted by atomic mass is 10.3. The maximum absolute atomic E-state index is 11.2. The van der Waals surface area contributed by atoms with Crippen LogP contribution in [-0.2, 0) is 16.6 Å². The third-order valence-corrected chi connectivity index (χ3v) is 3.08. The molecule has 5 nitrogen and oxygen atoms in total. The molecule has 0 atom stereocenters. The lowest BCUT2D eigenvalue weighted by molar-refractivity contribution is 0.600. The van der Waals surface area contributed by atoms with Crippen molar-refractivity contribution in [1.82, 2.24) is 4.98 Å². The lowest BCUT2D eigenvalue weighted by Crippen LogP contribution is -2.25. The quantitative estimate of drug-likeness (QED) is 0.766. The van der Waals surface area contributed by atoms with Gasteiger partial charge in [-0.05, 0) is 12.1 Å². The van der Waals surface area contributed by atoms with Crippen molar-refractivity contribution < 1.29 is 8.42 Å². The van der Waals surface area contributed by atoms with Crippen LogP contribution in [0.4, 0.5) is 5.69 Å². The van der Waals surface area contributed by atoms with Crippen LogP contribution in [0.15, 0.2) is 18.3 Å². The third kappa shape index (κ3) is 2.43. The first-order chi connectivity index (χ1) is 6.45. The Bertz CT molecular complexity index is 416. The number of nitrogens with zero attached hydrogens (tertiary/aromatic N) is 2. The number of aromatic nitrogens is 1. The highest BCUT2D eigenvalue weighted by Crippen LogP contribution is 2.14. The number of nitrogens with two attached hydrogens (primary N) is 1. The summed E-state index contributed by atoms with van der Waals surface area (Å²) in [6.07, 6.45) is 2.69.